The van der Waals surface area contributed by atoms with Crippen LogP contribution in [-0.4, -0.2) is 52.7 Å². The molecule has 1 spiro atoms. The third-order valence-corrected chi connectivity index (χ3v) is 6.91. The molecule has 0 aliphatic carbocycles. The van der Waals surface area contributed by atoms with Crippen LogP contribution in [0, 0.1) is 11.3 Å². The summed E-state index contributed by atoms with van der Waals surface area (Å²) in [5.74, 6) is 1.01. The average molecular weight is 381 g/mol. The molecule has 0 bridgehead atoms. The van der Waals surface area contributed by atoms with Crippen LogP contribution < -0.4 is 5.73 Å². The van der Waals surface area contributed by atoms with Crippen LogP contribution in [0.3, 0.4) is 0 Å². The second-order valence-electron chi connectivity index (χ2n) is 8.54. The Hall–Kier alpha value is -1.95. The molecule has 0 radical (unpaired) electrons. The number of aromatic nitrogens is 1. The number of pyridine rings is 1. The van der Waals surface area contributed by atoms with E-state index in [1.807, 2.05) is 6.07 Å². The highest BCUT2D eigenvalue weighted by Gasteiger charge is 2.44. The van der Waals surface area contributed by atoms with E-state index in [1.165, 1.54) is 12.0 Å². The number of aliphatic hydroxyl groups excluding tert-OH is 1. The van der Waals surface area contributed by atoms with Crippen LogP contribution in [0.25, 0.3) is 0 Å². The lowest BCUT2D eigenvalue weighted by molar-refractivity contribution is -0.0449. The highest BCUT2D eigenvalue weighted by Crippen LogP contribution is 2.45. The normalized spacial score (nSPS) is 23.1. The molecular weight excluding hydrogens is 348 g/mol. The number of benzene rings is 1. The Labute approximate surface area is 168 Å². The van der Waals surface area contributed by atoms with Crippen LogP contribution in [-0.2, 0) is 13.1 Å². The molecule has 28 heavy (non-hydrogen) atoms. The van der Waals surface area contributed by atoms with Gasteiger partial charge in [-0.05, 0) is 55.9 Å². The number of anilines is 1. The van der Waals surface area contributed by atoms with Crippen LogP contribution in [0.15, 0.2) is 48.7 Å². The van der Waals surface area contributed by atoms with Crippen LogP contribution in [0.4, 0.5) is 5.82 Å². The van der Waals surface area contributed by atoms with Gasteiger partial charge in [0.15, 0.2) is 0 Å². The first-order valence-electron chi connectivity index (χ1n) is 10.5. The van der Waals surface area contributed by atoms with Gasteiger partial charge in [0, 0.05) is 43.9 Å². The van der Waals surface area contributed by atoms with Crippen molar-refractivity contribution >= 4 is 5.82 Å². The molecule has 2 saturated heterocycles. The van der Waals surface area contributed by atoms with Gasteiger partial charge in [-0.3, -0.25) is 9.80 Å². The van der Waals surface area contributed by atoms with E-state index in [9.17, 15) is 5.11 Å². The second kappa shape index (κ2) is 8.60. The van der Waals surface area contributed by atoms with Crippen molar-refractivity contribution in [1.29, 1.82) is 0 Å². The van der Waals surface area contributed by atoms with Crippen LogP contribution in [0.2, 0.25) is 0 Å². The Morgan fingerprint density at radius 2 is 1.68 bits per heavy atom. The molecule has 1 aromatic carbocycles. The van der Waals surface area contributed by atoms with Gasteiger partial charge < -0.3 is 10.8 Å². The molecule has 5 nitrogen and oxygen atoms in total. The third kappa shape index (κ3) is 4.22. The summed E-state index contributed by atoms with van der Waals surface area (Å²) in [5.41, 5.74) is 8.79. The predicted molar refractivity (Wildman–Crippen MR) is 113 cm³/mol. The van der Waals surface area contributed by atoms with Gasteiger partial charge in [0.1, 0.15) is 5.82 Å². The summed E-state index contributed by atoms with van der Waals surface area (Å²) in [6.07, 6.45) is 5.27. The monoisotopic (exact) mass is 380 g/mol. The number of nitrogen functional groups attached to an aromatic ring is 1. The highest BCUT2D eigenvalue weighted by molar-refractivity contribution is 5.38. The maximum absolute atomic E-state index is 10.2. The number of nitrogens with zero attached hydrogens (tertiary/aromatic N) is 3. The lowest BCUT2D eigenvalue weighted by atomic mass is 9.64. The Morgan fingerprint density at radius 1 is 0.964 bits per heavy atom. The Balaban J connectivity index is 1.35. The Kier molecular flexibility index (Phi) is 5.95. The van der Waals surface area contributed by atoms with Crippen molar-refractivity contribution in [3.8, 4) is 0 Å². The van der Waals surface area contributed by atoms with Crippen molar-refractivity contribution in [2.24, 2.45) is 11.3 Å². The summed E-state index contributed by atoms with van der Waals surface area (Å²) in [6, 6.07) is 14.7. The molecule has 2 aromatic rings. The van der Waals surface area contributed by atoms with Gasteiger partial charge in [0.2, 0.25) is 0 Å². The topological polar surface area (TPSA) is 65.6 Å². The van der Waals surface area contributed by atoms with Crippen molar-refractivity contribution < 1.29 is 5.11 Å². The van der Waals surface area contributed by atoms with Crippen LogP contribution in [0.5, 0.6) is 0 Å². The van der Waals surface area contributed by atoms with Gasteiger partial charge in [-0.15, -0.1) is 0 Å². The summed E-state index contributed by atoms with van der Waals surface area (Å²) in [4.78, 5) is 9.22. The van der Waals surface area contributed by atoms with E-state index < -0.39 is 0 Å². The smallest absolute Gasteiger partial charge is 0.127 e. The Bertz CT molecular complexity index is 758. The number of aliphatic hydroxyl groups is 1. The minimum atomic E-state index is 0.291. The van der Waals surface area contributed by atoms with E-state index in [0.29, 0.717) is 23.8 Å². The first-order valence-corrected chi connectivity index (χ1v) is 10.5. The fourth-order valence-electron chi connectivity index (χ4n) is 5.06. The molecule has 2 aliphatic heterocycles. The number of hydrogen-bond acceptors (Lipinski definition) is 5. The summed E-state index contributed by atoms with van der Waals surface area (Å²) in [6.45, 7) is 6.43. The van der Waals surface area contributed by atoms with Gasteiger partial charge in [0.05, 0.1) is 0 Å². The Morgan fingerprint density at radius 3 is 2.36 bits per heavy atom. The lowest BCUT2D eigenvalue weighted by Gasteiger charge is -2.51. The average Bonchev–Trinajstić information content (AvgIpc) is 2.73. The van der Waals surface area contributed by atoms with Gasteiger partial charge in [-0.1, -0.05) is 36.4 Å². The number of hydrogen-bond donors (Lipinski definition) is 2. The summed E-state index contributed by atoms with van der Waals surface area (Å²) >= 11 is 0. The van der Waals surface area contributed by atoms with Crippen molar-refractivity contribution in [3.63, 3.8) is 0 Å². The van der Waals surface area contributed by atoms with Crippen LogP contribution >= 0.6 is 0 Å². The standard InChI is InChI=1S/C23H32N4O/c24-22-20(7-4-11-25-22)16-26-12-8-23(9-13-26)10-14-27(17-21(23)18-28)15-19-5-2-1-3-6-19/h1-7,11,21,28H,8-10,12-18H2,(H2,24,25). The van der Waals surface area contributed by atoms with Crippen molar-refractivity contribution in [2.45, 2.75) is 32.4 Å². The highest BCUT2D eigenvalue weighted by atomic mass is 16.3. The number of nitrogens with two attached hydrogens (primary N) is 1. The number of piperidine rings is 2. The van der Waals surface area contributed by atoms with Crippen LogP contribution in [0.1, 0.15) is 30.4 Å². The van der Waals surface area contributed by atoms with E-state index in [-0.39, 0.29) is 0 Å². The molecule has 2 aliphatic rings. The lowest BCUT2D eigenvalue weighted by Crippen LogP contribution is -2.53. The van der Waals surface area contributed by atoms with E-state index in [1.54, 1.807) is 6.20 Å². The largest absolute Gasteiger partial charge is 0.396 e. The summed E-state index contributed by atoms with van der Waals surface area (Å²) < 4.78 is 0. The first kappa shape index (κ1) is 19.4. The molecule has 2 fully saturated rings. The molecule has 3 heterocycles. The zero-order chi connectivity index (χ0) is 19.4. The second-order valence-corrected chi connectivity index (χ2v) is 8.54. The van der Waals surface area contributed by atoms with Gasteiger partial charge in [-0.25, -0.2) is 4.98 Å². The van der Waals surface area contributed by atoms with Gasteiger partial charge in [-0.2, -0.15) is 0 Å². The third-order valence-electron chi connectivity index (χ3n) is 6.91. The van der Waals surface area contributed by atoms with Crippen molar-refractivity contribution in [3.05, 3.63) is 59.8 Å². The SMILES string of the molecule is Nc1ncccc1CN1CCC2(CC1)CCN(Cc1ccccc1)CC2CO. The summed E-state index contributed by atoms with van der Waals surface area (Å²) in [7, 11) is 0. The minimum absolute atomic E-state index is 0.291. The van der Waals surface area contributed by atoms with Crippen molar-refractivity contribution in [1.82, 2.24) is 14.8 Å². The molecule has 1 unspecified atom stereocenters. The maximum Gasteiger partial charge on any atom is 0.127 e. The quantitative estimate of drug-likeness (QED) is 0.835. The van der Waals surface area contributed by atoms with Crippen molar-refractivity contribution in [2.75, 3.05) is 38.5 Å². The fraction of sp³-hybridized carbons (Fsp3) is 0.522. The molecule has 150 valence electrons. The molecule has 1 aromatic heterocycles. The van der Waals surface area contributed by atoms with Gasteiger partial charge >= 0.3 is 0 Å². The predicted octanol–water partition coefficient (Wildman–Crippen LogP) is 2.76. The molecule has 5 heteroatoms. The first-order chi connectivity index (χ1) is 13.7. The van der Waals surface area contributed by atoms with E-state index >= 15 is 0 Å². The molecule has 0 amide bonds. The zero-order valence-corrected chi connectivity index (χ0v) is 16.6. The number of likely N-dealkylation sites (tertiary alicyclic amines) is 2. The maximum atomic E-state index is 10.2. The molecule has 3 N–H and O–H groups in total. The van der Waals surface area contributed by atoms with E-state index in [4.69, 9.17) is 5.73 Å². The molecule has 4 rings (SSSR count). The zero-order valence-electron chi connectivity index (χ0n) is 16.6. The van der Waals surface area contributed by atoms with E-state index in [0.717, 1.165) is 57.7 Å². The molecule has 0 saturated carbocycles. The minimum Gasteiger partial charge on any atom is -0.396 e. The number of rotatable bonds is 5. The van der Waals surface area contributed by atoms with Gasteiger partial charge in [0.25, 0.3) is 0 Å². The van der Waals surface area contributed by atoms with E-state index in [2.05, 4.69) is 51.2 Å². The summed E-state index contributed by atoms with van der Waals surface area (Å²) in [5, 5.41) is 10.2. The molecular formula is C23H32N4O. The molecule has 1 atom stereocenters. The fourth-order valence-corrected chi connectivity index (χ4v) is 5.06.